The van der Waals surface area contributed by atoms with Crippen LogP contribution in [0.5, 0.6) is 5.75 Å². The van der Waals surface area contributed by atoms with E-state index in [1.807, 2.05) is 12.1 Å². The van der Waals surface area contributed by atoms with E-state index in [1.165, 1.54) is 16.2 Å². The normalized spacial score (nSPS) is 18.8. The van der Waals surface area contributed by atoms with Gasteiger partial charge in [-0.2, -0.15) is 0 Å². The molecule has 0 radical (unpaired) electrons. The van der Waals surface area contributed by atoms with Crippen molar-refractivity contribution in [2.45, 2.75) is 30.4 Å². The third kappa shape index (κ3) is 4.81. The summed E-state index contributed by atoms with van der Waals surface area (Å²) in [4.78, 5) is 27.2. The van der Waals surface area contributed by atoms with E-state index in [0.717, 1.165) is 10.4 Å². The molecule has 9 nitrogen and oxygen atoms in total. The third-order valence-corrected chi connectivity index (χ3v) is 10.5. The number of hydrogen-bond donors (Lipinski definition) is 3. The topological polar surface area (TPSA) is 139 Å². The van der Waals surface area contributed by atoms with Crippen molar-refractivity contribution in [1.29, 1.82) is 0 Å². The number of urea groups is 1. The average Bonchev–Trinajstić information content (AvgIpc) is 3.37. The number of sulfone groups is 1. The number of hydrogen-bond acceptors (Lipinski definition) is 7. The SMILES string of the molecule is COc1ccc(N(C(N)=O)c2cccc(-c3ccc([C@@]4(CC(=O)NO)CCCCS4(=O)=O)s3)c2)cc1. The first-order valence-electron chi connectivity index (χ1n) is 11.3. The molecular weight excluding hydrogens is 502 g/mol. The summed E-state index contributed by atoms with van der Waals surface area (Å²) in [6.07, 6.45) is 1.16. The van der Waals surface area contributed by atoms with Crippen LogP contribution in [0.25, 0.3) is 10.4 Å². The van der Waals surface area contributed by atoms with Gasteiger partial charge in [0.15, 0.2) is 9.84 Å². The molecule has 1 fully saturated rings. The van der Waals surface area contributed by atoms with Crippen LogP contribution in [0, 0.1) is 0 Å². The molecule has 11 heteroatoms. The molecule has 1 aliphatic rings. The van der Waals surface area contributed by atoms with Gasteiger partial charge in [0.1, 0.15) is 10.5 Å². The van der Waals surface area contributed by atoms with Crippen molar-refractivity contribution in [1.82, 2.24) is 5.48 Å². The van der Waals surface area contributed by atoms with Crippen molar-refractivity contribution in [3.8, 4) is 16.2 Å². The predicted molar refractivity (Wildman–Crippen MR) is 138 cm³/mol. The Morgan fingerprint density at radius 1 is 1.11 bits per heavy atom. The molecule has 1 aliphatic heterocycles. The van der Waals surface area contributed by atoms with E-state index in [9.17, 15) is 18.0 Å². The molecule has 3 aromatic rings. The maximum Gasteiger partial charge on any atom is 0.323 e. The number of ether oxygens (including phenoxy) is 1. The minimum absolute atomic E-state index is 0.0101. The summed E-state index contributed by atoms with van der Waals surface area (Å²) in [7, 11) is -2.07. The minimum Gasteiger partial charge on any atom is -0.497 e. The lowest BCUT2D eigenvalue weighted by Gasteiger charge is -2.35. The van der Waals surface area contributed by atoms with Gasteiger partial charge in [-0.25, -0.2) is 18.7 Å². The first kappa shape index (κ1) is 25.7. The molecule has 4 N–H and O–H groups in total. The number of thiophene rings is 1. The van der Waals surface area contributed by atoms with Crippen LogP contribution in [0.2, 0.25) is 0 Å². The van der Waals surface area contributed by atoms with Gasteiger partial charge in [0, 0.05) is 9.75 Å². The maximum absolute atomic E-state index is 13.2. The molecule has 36 heavy (non-hydrogen) atoms. The van der Waals surface area contributed by atoms with Gasteiger partial charge < -0.3 is 10.5 Å². The number of benzene rings is 2. The van der Waals surface area contributed by atoms with Crippen molar-refractivity contribution in [3.63, 3.8) is 0 Å². The second-order valence-corrected chi connectivity index (χ2v) is 12.1. The Morgan fingerprint density at radius 2 is 1.86 bits per heavy atom. The Labute approximate surface area is 213 Å². The summed E-state index contributed by atoms with van der Waals surface area (Å²) >= 11 is 1.28. The largest absolute Gasteiger partial charge is 0.497 e. The van der Waals surface area contributed by atoms with Crippen molar-refractivity contribution in [2.24, 2.45) is 5.73 Å². The van der Waals surface area contributed by atoms with Crippen LogP contribution >= 0.6 is 11.3 Å². The van der Waals surface area contributed by atoms with E-state index in [0.29, 0.717) is 41.3 Å². The van der Waals surface area contributed by atoms with Crippen molar-refractivity contribution in [3.05, 3.63) is 65.5 Å². The van der Waals surface area contributed by atoms with Crippen LogP contribution in [0.4, 0.5) is 16.2 Å². The number of anilines is 2. The first-order chi connectivity index (χ1) is 17.2. The number of carbonyl (C=O) groups excluding carboxylic acids is 2. The van der Waals surface area contributed by atoms with Crippen LogP contribution in [-0.2, 0) is 19.4 Å². The molecule has 4 rings (SSSR count). The van der Waals surface area contributed by atoms with Crippen molar-refractivity contribution >= 4 is 44.5 Å². The number of hydroxylamine groups is 1. The monoisotopic (exact) mass is 529 g/mol. The van der Waals surface area contributed by atoms with Crippen LogP contribution in [-0.4, -0.2) is 38.4 Å². The molecule has 0 aliphatic carbocycles. The van der Waals surface area contributed by atoms with Crippen LogP contribution < -0.4 is 20.9 Å². The highest BCUT2D eigenvalue weighted by atomic mass is 32.2. The quantitative estimate of drug-likeness (QED) is 0.308. The fourth-order valence-corrected chi connectivity index (χ4v) is 8.36. The Morgan fingerprint density at radius 3 is 2.50 bits per heavy atom. The van der Waals surface area contributed by atoms with Gasteiger partial charge in [-0.1, -0.05) is 18.6 Å². The molecule has 2 aromatic carbocycles. The number of methoxy groups -OCH3 is 1. The minimum atomic E-state index is -3.63. The standard InChI is InChI=1S/C25H27N3O6S2/c1-34-20-9-7-18(8-10-20)28(24(26)30)19-6-4-5-17(15-19)21-11-12-22(35-21)25(16-23(29)27-31)13-2-3-14-36(25,32)33/h4-12,15,31H,2-3,13-14,16H2,1H3,(H2,26,30)(H,27,29)/t25-/m0/s1. The van der Waals surface area contributed by atoms with E-state index in [2.05, 4.69) is 0 Å². The first-order valence-corrected chi connectivity index (χ1v) is 13.8. The van der Waals surface area contributed by atoms with E-state index in [1.54, 1.807) is 61.1 Å². The van der Waals surface area contributed by atoms with Gasteiger partial charge in [0.2, 0.25) is 5.91 Å². The maximum atomic E-state index is 13.2. The predicted octanol–water partition coefficient (Wildman–Crippen LogP) is 4.33. The number of carbonyl (C=O) groups is 2. The molecule has 1 aromatic heterocycles. The Hall–Kier alpha value is -3.41. The zero-order valence-corrected chi connectivity index (χ0v) is 21.3. The van der Waals surface area contributed by atoms with E-state index in [4.69, 9.17) is 15.7 Å². The second kappa shape index (κ2) is 10.3. The molecular formula is C25H27N3O6S2. The summed E-state index contributed by atoms with van der Waals surface area (Å²) in [6, 6.07) is 17.0. The summed E-state index contributed by atoms with van der Waals surface area (Å²) in [5.41, 5.74) is 9.15. The highest BCUT2D eigenvalue weighted by Crippen LogP contribution is 2.47. The molecule has 0 saturated carbocycles. The molecule has 1 atom stereocenters. The highest BCUT2D eigenvalue weighted by Gasteiger charge is 2.49. The lowest BCUT2D eigenvalue weighted by Crippen LogP contribution is -2.43. The zero-order chi connectivity index (χ0) is 25.9. The van der Waals surface area contributed by atoms with Crippen molar-refractivity contribution in [2.75, 3.05) is 17.8 Å². The number of nitrogens with zero attached hydrogens (tertiary/aromatic N) is 1. The Bertz CT molecular complexity index is 1370. The molecule has 2 heterocycles. The van der Waals surface area contributed by atoms with Crippen LogP contribution in [0.15, 0.2) is 60.7 Å². The summed E-state index contributed by atoms with van der Waals surface area (Å²) in [5, 5.41) is 9.09. The van der Waals surface area contributed by atoms with Gasteiger partial charge in [-0.3, -0.25) is 14.9 Å². The van der Waals surface area contributed by atoms with E-state index in [-0.39, 0.29) is 12.2 Å². The summed E-state index contributed by atoms with van der Waals surface area (Å²) < 4.78 is 30.2. The lowest BCUT2D eigenvalue weighted by atomic mass is 9.94. The van der Waals surface area contributed by atoms with Gasteiger partial charge in [0.05, 0.1) is 30.7 Å². The number of amides is 3. The molecule has 3 amide bonds. The van der Waals surface area contributed by atoms with Gasteiger partial charge in [-0.15, -0.1) is 11.3 Å². The van der Waals surface area contributed by atoms with Crippen LogP contribution in [0.1, 0.15) is 30.6 Å². The third-order valence-electron chi connectivity index (χ3n) is 6.40. The number of nitrogens with one attached hydrogen (secondary N) is 1. The Kier molecular flexibility index (Phi) is 7.34. The van der Waals surface area contributed by atoms with Crippen molar-refractivity contribution < 1.29 is 28.0 Å². The number of primary amides is 1. The average molecular weight is 530 g/mol. The fraction of sp³-hybridized carbons (Fsp3) is 0.280. The Balaban J connectivity index is 1.73. The zero-order valence-electron chi connectivity index (χ0n) is 19.6. The smallest absolute Gasteiger partial charge is 0.323 e. The van der Waals surface area contributed by atoms with E-state index >= 15 is 0 Å². The second-order valence-electron chi connectivity index (χ2n) is 8.57. The molecule has 1 saturated heterocycles. The van der Waals surface area contributed by atoms with Gasteiger partial charge >= 0.3 is 6.03 Å². The van der Waals surface area contributed by atoms with Gasteiger partial charge in [-0.05, 0) is 66.9 Å². The molecule has 0 bridgehead atoms. The van der Waals surface area contributed by atoms with E-state index < -0.39 is 26.5 Å². The highest BCUT2D eigenvalue weighted by molar-refractivity contribution is 7.92. The molecule has 0 unspecified atom stereocenters. The number of rotatable bonds is 7. The van der Waals surface area contributed by atoms with Gasteiger partial charge in [0.25, 0.3) is 0 Å². The summed E-state index contributed by atoms with van der Waals surface area (Å²) in [6.45, 7) is 0. The molecule has 0 spiro atoms. The summed E-state index contributed by atoms with van der Waals surface area (Å²) in [5.74, 6) is -0.109. The van der Waals surface area contributed by atoms with Crippen LogP contribution in [0.3, 0.4) is 0 Å². The number of nitrogens with two attached hydrogens (primary N) is 1. The molecule has 190 valence electrons. The lowest BCUT2D eigenvalue weighted by molar-refractivity contribution is -0.130. The fourth-order valence-electron chi connectivity index (χ4n) is 4.59.